The topological polar surface area (TPSA) is 211 Å². The molecule has 0 saturated carbocycles. The van der Waals surface area contributed by atoms with E-state index < -0.39 is 53.2 Å². The number of likely N-dealkylation sites (N-methyl/N-ethyl adjacent to an activating group) is 1. The van der Waals surface area contributed by atoms with Crippen LogP contribution >= 0.6 is 11.8 Å². The van der Waals surface area contributed by atoms with Crippen molar-refractivity contribution in [3.05, 3.63) is 69.8 Å². The van der Waals surface area contributed by atoms with Gasteiger partial charge in [-0.3, -0.25) is 29.3 Å². The number of carbonyl (C=O) groups excluding carboxylic acids is 4. The summed E-state index contributed by atoms with van der Waals surface area (Å²) in [4.78, 5) is 62.6. The molecule has 4 amide bonds. The second-order valence-corrected chi connectivity index (χ2v) is 10.2. The standard InChI is InChI=1S/C27H36N6O7S/c1-3-32(23(25(29)36)15-18-4-8-19(9-5-18)33(39)40)24(35)16-30-27(38)22(12-13-41-2)31-26(37)21(28)14-17-6-10-20(34)11-7-17/h4-11,21-23,34H,3,12-16,28H2,1-2H3,(H2,29,36)(H,30,38)(H,31,37)/t21-,22+,23+/m0/s1. The van der Waals surface area contributed by atoms with Crippen molar-refractivity contribution in [2.24, 2.45) is 11.5 Å². The van der Waals surface area contributed by atoms with E-state index in [1.54, 1.807) is 19.1 Å². The van der Waals surface area contributed by atoms with E-state index in [-0.39, 0.29) is 30.8 Å². The third kappa shape index (κ3) is 10.4. The molecule has 0 radical (unpaired) electrons. The lowest BCUT2D eigenvalue weighted by molar-refractivity contribution is -0.384. The molecule has 2 aromatic rings. The first-order chi connectivity index (χ1) is 19.5. The highest BCUT2D eigenvalue weighted by Gasteiger charge is 2.29. The van der Waals surface area contributed by atoms with Crippen LogP contribution in [0.15, 0.2) is 48.5 Å². The summed E-state index contributed by atoms with van der Waals surface area (Å²) in [5, 5.41) is 25.5. The van der Waals surface area contributed by atoms with Gasteiger partial charge in [0.15, 0.2) is 0 Å². The van der Waals surface area contributed by atoms with Gasteiger partial charge < -0.3 is 32.1 Å². The van der Waals surface area contributed by atoms with Crippen LogP contribution in [0.2, 0.25) is 0 Å². The minimum Gasteiger partial charge on any atom is -0.508 e. The Kier molecular flexibility index (Phi) is 13.0. The van der Waals surface area contributed by atoms with Gasteiger partial charge in [0.1, 0.15) is 17.8 Å². The molecule has 7 N–H and O–H groups in total. The predicted octanol–water partition coefficient (Wildman–Crippen LogP) is 0.469. The van der Waals surface area contributed by atoms with E-state index in [9.17, 15) is 34.4 Å². The number of primary amides is 1. The van der Waals surface area contributed by atoms with Gasteiger partial charge >= 0.3 is 0 Å². The zero-order valence-corrected chi connectivity index (χ0v) is 23.8. The molecule has 41 heavy (non-hydrogen) atoms. The summed E-state index contributed by atoms with van der Waals surface area (Å²) in [7, 11) is 0. The summed E-state index contributed by atoms with van der Waals surface area (Å²) >= 11 is 1.48. The number of aromatic hydroxyl groups is 1. The number of phenols is 1. The number of phenolic OH excluding ortho intramolecular Hbond substituents is 1. The summed E-state index contributed by atoms with van der Waals surface area (Å²) in [5.74, 6) is -1.81. The number of hydrogen-bond donors (Lipinski definition) is 5. The number of benzene rings is 2. The highest BCUT2D eigenvalue weighted by Crippen LogP contribution is 2.16. The second-order valence-electron chi connectivity index (χ2n) is 9.26. The van der Waals surface area contributed by atoms with Crippen molar-refractivity contribution in [2.75, 3.05) is 25.1 Å². The number of hydrogen-bond acceptors (Lipinski definition) is 9. The average Bonchev–Trinajstić information content (AvgIpc) is 2.94. The first kappa shape index (κ1) is 33.0. The van der Waals surface area contributed by atoms with E-state index in [4.69, 9.17) is 11.5 Å². The van der Waals surface area contributed by atoms with Crippen molar-refractivity contribution >= 4 is 41.1 Å². The van der Waals surface area contributed by atoms with Crippen LogP contribution in [0.25, 0.3) is 0 Å². The number of nitrogens with zero attached hydrogens (tertiary/aromatic N) is 2. The Morgan fingerprint density at radius 1 is 1.02 bits per heavy atom. The van der Waals surface area contributed by atoms with E-state index in [1.165, 1.54) is 53.1 Å². The highest BCUT2D eigenvalue weighted by atomic mass is 32.2. The van der Waals surface area contributed by atoms with Crippen molar-refractivity contribution in [1.29, 1.82) is 0 Å². The summed E-state index contributed by atoms with van der Waals surface area (Å²) < 4.78 is 0. The molecule has 0 unspecified atom stereocenters. The van der Waals surface area contributed by atoms with Crippen LogP contribution in [-0.2, 0) is 32.0 Å². The number of nitrogens with two attached hydrogens (primary N) is 2. The Labute approximate surface area is 242 Å². The maximum Gasteiger partial charge on any atom is 0.269 e. The Morgan fingerprint density at radius 2 is 1.61 bits per heavy atom. The molecule has 0 spiro atoms. The fourth-order valence-electron chi connectivity index (χ4n) is 4.06. The molecule has 0 aliphatic heterocycles. The van der Waals surface area contributed by atoms with Crippen molar-refractivity contribution in [3.63, 3.8) is 0 Å². The van der Waals surface area contributed by atoms with E-state index >= 15 is 0 Å². The maximum atomic E-state index is 13.0. The van der Waals surface area contributed by atoms with Crippen molar-refractivity contribution < 1.29 is 29.2 Å². The van der Waals surface area contributed by atoms with E-state index in [2.05, 4.69) is 10.6 Å². The van der Waals surface area contributed by atoms with Crippen LogP contribution in [0.3, 0.4) is 0 Å². The number of amides is 4. The predicted molar refractivity (Wildman–Crippen MR) is 155 cm³/mol. The van der Waals surface area contributed by atoms with E-state index in [1.807, 2.05) is 6.26 Å². The van der Waals surface area contributed by atoms with Crippen LogP contribution in [0.5, 0.6) is 5.75 Å². The number of non-ortho nitro benzene ring substituents is 1. The van der Waals surface area contributed by atoms with Gasteiger partial charge in [0.2, 0.25) is 23.6 Å². The molecule has 222 valence electrons. The number of thioether (sulfide) groups is 1. The molecule has 0 aliphatic rings. The largest absolute Gasteiger partial charge is 0.508 e. The van der Waals surface area contributed by atoms with E-state index in [0.29, 0.717) is 17.7 Å². The summed E-state index contributed by atoms with van der Waals surface area (Å²) in [6.45, 7) is 1.33. The molecule has 0 aromatic heterocycles. The van der Waals surface area contributed by atoms with Gasteiger partial charge in [-0.2, -0.15) is 11.8 Å². The van der Waals surface area contributed by atoms with Crippen molar-refractivity contribution in [1.82, 2.24) is 15.5 Å². The molecular formula is C27H36N6O7S. The van der Waals surface area contributed by atoms with Gasteiger partial charge in [-0.15, -0.1) is 0 Å². The molecule has 0 aliphatic carbocycles. The van der Waals surface area contributed by atoms with Gasteiger partial charge in [0, 0.05) is 25.1 Å². The number of nitro benzene ring substituents is 1. The number of nitro groups is 1. The molecule has 2 rings (SSSR count). The minimum absolute atomic E-state index is 0.0339. The first-order valence-corrected chi connectivity index (χ1v) is 14.3. The Balaban J connectivity index is 2.03. The van der Waals surface area contributed by atoms with Crippen LogP contribution < -0.4 is 22.1 Å². The molecule has 14 heteroatoms. The zero-order chi connectivity index (χ0) is 30.5. The Morgan fingerprint density at radius 3 is 2.15 bits per heavy atom. The second kappa shape index (κ2) is 16.2. The minimum atomic E-state index is -1.05. The number of nitrogens with one attached hydrogen (secondary N) is 2. The maximum absolute atomic E-state index is 13.0. The van der Waals surface area contributed by atoms with Crippen LogP contribution in [0.1, 0.15) is 24.5 Å². The lowest BCUT2D eigenvalue weighted by Crippen LogP contribution is -2.55. The highest BCUT2D eigenvalue weighted by molar-refractivity contribution is 7.98. The smallest absolute Gasteiger partial charge is 0.269 e. The first-order valence-electron chi connectivity index (χ1n) is 12.9. The normalized spacial score (nSPS) is 13.0. The van der Waals surface area contributed by atoms with Gasteiger partial charge in [-0.25, -0.2) is 0 Å². The zero-order valence-electron chi connectivity index (χ0n) is 22.9. The molecule has 0 saturated heterocycles. The fourth-order valence-corrected chi connectivity index (χ4v) is 4.53. The third-order valence-corrected chi connectivity index (χ3v) is 6.97. The molecule has 0 bridgehead atoms. The Hall–Kier alpha value is -4.17. The molecule has 0 heterocycles. The summed E-state index contributed by atoms with van der Waals surface area (Å²) in [5.41, 5.74) is 12.8. The van der Waals surface area contributed by atoms with Gasteiger partial charge in [-0.1, -0.05) is 24.3 Å². The van der Waals surface area contributed by atoms with Crippen LogP contribution in [-0.4, -0.2) is 81.8 Å². The molecule has 2 aromatic carbocycles. The third-order valence-electron chi connectivity index (χ3n) is 6.33. The number of carbonyl (C=O) groups is 4. The summed E-state index contributed by atoms with van der Waals surface area (Å²) in [6, 6.07) is 8.89. The number of rotatable bonds is 16. The average molecular weight is 589 g/mol. The molecular weight excluding hydrogens is 552 g/mol. The SMILES string of the molecule is CCN(C(=O)CNC(=O)[C@@H](CCSC)NC(=O)[C@@H](N)Cc1ccc(O)cc1)[C@H](Cc1ccc([N+](=O)[O-])cc1)C(N)=O. The molecule has 3 atom stereocenters. The summed E-state index contributed by atoms with van der Waals surface area (Å²) in [6.07, 6.45) is 2.37. The van der Waals surface area contributed by atoms with Crippen LogP contribution in [0.4, 0.5) is 5.69 Å². The van der Waals surface area contributed by atoms with Crippen molar-refractivity contribution in [3.8, 4) is 5.75 Å². The lowest BCUT2D eigenvalue weighted by atomic mass is 10.0. The fraction of sp³-hybridized carbons (Fsp3) is 0.407. The van der Waals surface area contributed by atoms with Crippen LogP contribution in [0, 0.1) is 10.1 Å². The lowest BCUT2D eigenvalue weighted by Gasteiger charge is -2.29. The van der Waals surface area contributed by atoms with Gasteiger partial charge in [-0.05, 0) is 55.0 Å². The monoisotopic (exact) mass is 588 g/mol. The molecule has 13 nitrogen and oxygen atoms in total. The van der Waals surface area contributed by atoms with Gasteiger partial charge in [0.25, 0.3) is 5.69 Å². The quantitative estimate of drug-likeness (QED) is 0.136. The van der Waals surface area contributed by atoms with Crippen molar-refractivity contribution in [2.45, 2.75) is 44.3 Å². The molecule has 0 fully saturated rings. The Bertz CT molecular complexity index is 1210. The van der Waals surface area contributed by atoms with E-state index in [0.717, 1.165) is 5.56 Å². The van der Waals surface area contributed by atoms with Gasteiger partial charge in [0.05, 0.1) is 17.5 Å².